The predicted octanol–water partition coefficient (Wildman–Crippen LogP) is 4.15. The van der Waals surface area contributed by atoms with Crippen LogP contribution >= 0.6 is 11.9 Å². The molecule has 0 radical (unpaired) electrons. The highest BCUT2D eigenvalue weighted by Crippen LogP contribution is 2.24. The van der Waals surface area contributed by atoms with E-state index in [0.29, 0.717) is 19.7 Å². The van der Waals surface area contributed by atoms with Gasteiger partial charge in [-0.2, -0.15) is 0 Å². The van der Waals surface area contributed by atoms with Crippen molar-refractivity contribution in [3.05, 3.63) is 65.7 Å². The molecule has 1 aliphatic heterocycles. The molecule has 1 saturated heterocycles. The summed E-state index contributed by atoms with van der Waals surface area (Å²) in [4.78, 5) is 26.8. The standard InChI is InChI=1S/C23H26N2O3S/c1-3-28-21-9-4-19(5-10-21)6-13-23(27)24-14-16-25(17-15-24)29-22-11-7-20(8-12-22)18(2)26/h4-13H,3,14-17H2,1-2H3/b13-6+. The van der Waals surface area contributed by atoms with Crippen LogP contribution in [0, 0.1) is 0 Å². The molecule has 0 bridgehead atoms. The number of ketones is 1. The van der Waals surface area contributed by atoms with Gasteiger partial charge in [-0.15, -0.1) is 0 Å². The van der Waals surface area contributed by atoms with Crippen LogP contribution < -0.4 is 4.74 Å². The van der Waals surface area contributed by atoms with Gasteiger partial charge in [-0.05, 0) is 61.7 Å². The first-order chi connectivity index (χ1) is 14.0. The average molecular weight is 411 g/mol. The van der Waals surface area contributed by atoms with E-state index in [-0.39, 0.29) is 11.7 Å². The number of Topliss-reactive ketones (excluding diaryl/α,β-unsaturated/α-hetero) is 1. The van der Waals surface area contributed by atoms with Crippen LogP contribution in [0.4, 0.5) is 0 Å². The summed E-state index contributed by atoms with van der Waals surface area (Å²) in [5.74, 6) is 0.946. The van der Waals surface area contributed by atoms with E-state index in [1.165, 1.54) is 0 Å². The third-order valence-electron chi connectivity index (χ3n) is 4.66. The van der Waals surface area contributed by atoms with Gasteiger partial charge in [-0.3, -0.25) is 9.59 Å². The zero-order valence-corrected chi connectivity index (χ0v) is 17.7. The predicted molar refractivity (Wildman–Crippen MR) is 117 cm³/mol. The van der Waals surface area contributed by atoms with E-state index in [1.54, 1.807) is 24.9 Å². The van der Waals surface area contributed by atoms with Crippen LogP contribution in [0.1, 0.15) is 29.8 Å². The number of hydrogen-bond acceptors (Lipinski definition) is 5. The smallest absolute Gasteiger partial charge is 0.246 e. The molecule has 152 valence electrons. The third-order valence-corrected chi connectivity index (χ3v) is 5.76. The lowest BCUT2D eigenvalue weighted by Crippen LogP contribution is -2.45. The highest BCUT2D eigenvalue weighted by Gasteiger charge is 2.20. The normalized spacial score (nSPS) is 14.9. The highest BCUT2D eigenvalue weighted by atomic mass is 32.2. The van der Waals surface area contributed by atoms with Crippen molar-refractivity contribution < 1.29 is 14.3 Å². The molecule has 5 nitrogen and oxygen atoms in total. The monoisotopic (exact) mass is 410 g/mol. The summed E-state index contributed by atoms with van der Waals surface area (Å²) in [5, 5.41) is 0. The van der Waals surface area contributed by atoms with Crippen molar-refractivity contribution in [2.75, 3.05) is 32.8 Å². The van der Waals surface area contributed by atoms with Crippen molar-refractivity contribution >= 4 is 29.7 Å². The molecule has 0 atom stereocenters. The van der Waals surface area contributed by atoms with Crippen LogP contribution in [0.25, 0.3) is 6.08 Å². The number of carbonyl (C=O) groups excluding carboxylic acids is 2. The zero-order chi connectivity index (χ0) is 20.6. The van der Waals surface area contributed by atoms with E-state index >= 15 is 0 Å². The molecule has 0 saturated carbocycles. The minimum absolute atomic E-state index is 0.0364. The summed E-state index contributed by atoms with van der Waals surface area (Å²) in [6.45, 7) is 7.18. The van der Waals surface area contributed by atoms with Gasteiger partial charge < -0.3 is 9.64 Å². The molecule has 1 aliphatic rings. The molecule has 29 heavy (non-hydrogen) atoms. The maximum Gasteiger partial charge on any atom is 0.246 e. The SMILES string of the molecule is CCOc1ccc(/C=C/C(=O)N2CCN(Sc3ccc(C(C)=O)cc3)CC2)cc1. The Morgan fingerprint density at radius 3 is 2.24 bits per heavy atom. The average Bonchev–Trinajstić information content (AvgIpc) is 2.74. The molecule has 0 spiro atoms. The first kappa shape index (κ1) is 21.1. The molecular formula is C23H26N2O3S. The first-order valence-electron chi connectivity index (χ1n) is 9.79. The van der Waals surface area contributed by atoms with Crippen molar-refractivity contribution in [2.24, 2.45) is 0 Å². The number of hydrogen-bond donors (Lipinski definition) is 0. The Balaban J connectivity index is 1.46. The van der Waals surface area contributed by atoms with Crippen molar-refractivity contribution in [3.63, 3.8) is 0 Å². The summed E-state index contributed by atoms with van der Waals surface area (Å²) in [7, 11) is 0. The molecule has 0 aromatic heterocycles. The van der Waals surface area contributed by atoms with E-state index < -0.39 is 0 Å². The van der Waals surface area contributed by atoms with Crippen LogP contribution in [0.2, 0.25) is 0 Å². The van der Waals surface area contributed by atoms with Crippen LogP contribution in [0.3, 0.4) is 0 Å². The Kier molecular flexibility index (Phi) is 7.49. The molecule has 1 fully saturated rings. The number of carbonyl (C=O) groups is 2. The second-order valence-electron chi connectivity index (χ2n) is 6.76. The summed E-state index contributed by atoms with van der Waals surface area (Å²) >= 11 is 1.67. The number of amides is 1. The maximum absolute atomic E-state index is 12.5. The number of piperazine rings is 1. The largest absolute Gasteiger partial charge is 0.494 e. The maximum atomic E-state index is 12.5. The van der Waals surface area contributed by atoms with Crippen LogP contribution in [0.5, 0.6) is 5.75 Å². The number of benzene rings is 2. The molecular weight excluding hydrogens is 384 g/mol. The van der Waals surface area contributed by atoms with Gasteiger partial charge in [0.2, 0.25) is 5.91 Å². The number of ether oxygens (including phenoxy) is 1. The van der Waals surface area contributed by atoms with Gasteiger partial charge in [-0.25, -0.2) is 4.31 Å². The van der Waals surface area contributed by atoms with Gasteiger partial charge in [0, 0.05) is 42.7 Å². The lowest BCUT2D eigenvalue weighted by atomic mass is 10.2. The summed E-state index contributed by atoms with van der Waals surface area (Å²) in [6, 6.07) is 15.4. The summed E-state index contributed by atoms with van der Waals surface area (Å²) in [5.41, 5.74) is 1.70. The molecule has 1 amide bonds. The van der Waals surface area contributed by atoms with E-state index in [0.717, 1.165) is 34.9 Å². The fourth-order valence-corrected chi connectivity index (χ4v) is 3.92. The Hall–Kier alpha value is -2.57. The highest BCUT2D eigenvalue weighted by molar-refractivity contribution is 7.97. The Morgan fingerprint density at radius 2 is 1.66 bits per heavy atom. The van der Waals surface area contributed by atoms with E-state index in [4.69, 9.17) is 4.74 Å². The van der Waals surface area contributed by atoms with Gasteiger partial charge in [0.15, 0.2) is 5.78 Å². The lowest BCUT2D eigenvalue weighted by Gasteiger charge is -2.33. The quantitative estimate of drug-likeness (QED) is 0.390. The first-order valence-corrected chi connectivity index (χ1v) is 10.6. The topological polar surface area (TPSA) is 49.9 Å². The summed E-state index contributed by atoms with van der Waals surface area (Å²) in [6.07, 6.45) is 3.48. The second-order valence-corrected chi connectivity index (χ2v) is 7.93. The van der Waals surface area contributed by atoms with Crippen LogP contribution in [0.15, 0.2) is 59.5 Å². The summed E-state index contributed by atoms with van der Waals surface area (Å²) < 4.78 is 7.68. The van der Waals surface area contributed by atoms with E-state index in [2.05, 4.69) is 4.31 Å². The van der Waals surface area contributed by atoms with E-state index in [1.807, 2.05) is 66.4 Å². The van der Waals surface area contributed by atoms with Crippen molar-refractivity contribution in [2.45, 2.75) is 18.7 Å². The molecule has 3 rings (SSSR count). The molecule has 6 heteroatoms. The Morgan fingerprint density at radius 1 is 1.00 bits per heavy atom. The van der Waals surface area contributed by atoms with Crippen LogP contribution in [-0.2, 0) is 4.79 Å². The molecule has 2 aromatic carbocycles. The van der Waals surface area contributed by atoms with Gasteiger partial charge in [0.05, 0.1) is 6.61 Å². The van der Waals surface area contributed by atoms with Crippen LogP contribution in [-0.4, -0.2) is 53.7 Å². The van der Waals surface area contributed by atoms with Gasteiger partial charge >= 0.3 is 0 Å². The van der Waals surface area contributed by atoms with Crippen molar-refractivity contribution in [1.82, 2.24) is 9.21 Å². The Bertz CT molecular complexity index is 855. The minimum Gasteiger partial charge on any atom is -0.494 e. The second kappa shape index (κ2) is 10.3. The number of rotatable bonds is 7. The fraction of sp³-hybridized carbons (Fsp3) is 0.304. The molecule has 0 aliphatic carbocycles. The van der Waals surface area contributed by atoms with E-state index in [9.17, 15) is 9.59 Å². The zero-order valence-electron chi connectivity index (χ0n) is 16.8. The van der Waals surface area contributed by atoms with Crippen molar-refractivity contribution in [3.8, 4) is 5.75 Å². The van der Waals surface area contributed by atoms with Crippen molar-refractivity contribution in [1.29, 1.82) is 0 Å². The molecule has 0 N–H and O–H groups in total. The molecule has 1 heterocycles. The molecule has 0 unspecified atom stereocenters. The number of nitrogens with zero attached hydrogens (tertiary/aromatic N) is 2. The Labute approximate surface area is 176 Å². The minimum atomic E-state index is 0.0364. The molecule has 2 aromatic rings. The third kappa shape index (κ3) is 6.21. The lowest BCUT2D eigenvalue weighted by molar-refractivity contribution is -0.127. The van der Waals surface area contributed by atoms with Gasteiger partial charge in [-0.1, -0.05) is 24.3 Å². The fourth-order valence-electron chi connectivity index (χ4n) is 3.01. The van der Waals surface area contributed by atoms with Gasteiger partial charge in [0.25, 0.3) is 0 Å². The van der Waals surface area contributed by atoms with Gasteiger partial charge in [0.1, 0.15) is 5.75 Å².